The molecule has 0 spiro atoms. The van der Waals surface area contributed by atoms with Crippen LogP contribution in [0.5, 0.6) is 0 Å². The second-order valence-electron chi connectivity index (χ2n) is 5.43. The van der Waals surface area contributed by atoms with Crippen LogP contribution in [0.2, 0.25) is 0 Å². The van der Waals surface area contributed by atoms with Crippen molar-refractivity contribution in [2.45, 2.75) is 19.9 Å². The van der Waals surface area contributed by atoms with Crippen molar-refractivity contribution in [2.75, 3.05) is 0 Å². The molecule has 2 aromatic carbocycles. The summed E-state index contributed by atoms with van der Waals surface area (Å²) in [6.07, 6.45) is 0. The van der Waals surface area contributed by atoms with Gasteiger partial charge in [0.2, 0.25) is 0 Å². The van der Waals surface area contributed by atoms with Crippen LogP contribution in [0.15, 0.2) is 60.7 Å². The molecular weight excluding hydrogens is 290 g/mol. The molecule has 1 amide bonds. The molecule has 23 heavy (non-hydrogen) atoms. The Hall–Kier alpha value is -2.75. The van der Waals surface area contributed by atoms with E-state index >= 15 is 0 Å². The van der Waals surface area contributed by atoms with Gasteiger partial charge in [-0.3, -0.25) is 14.4 Å². The predicted molar refractivity (Wildman–Crippen MR) is 87.9 cm³/mol. The van der Waals surface area contributed by atoms with Crippen LogP contribution in [0.1, 0.15) is 35.8 Å². The molecule has 0 heterocycles. The van der Waals surface area contributed by atoms with Gasteiger partial charge in [-0.1, -0.05) is 48.5 Å². The van der Waals surface area contributed by atoms with Crippen LogP contribution in [0.3, 0.4) is 0 Å². The van der Waals surface area contributed by atoms with Gasteiger partial charge in [0.25, 0.3) is 5.91 Å². The van der Waals surface area contributed by atoms with Gasteiger partial charge >= 0.3 is 0 Å². The molecule has 0 bridgehead atoms. The summed E-state index contributed by atoms with van der Waals surface area (Å²) in [5.74, 6) is -1.74. The van der Waals surface area contributed by atoms with Crippen molar-refractivity contribution in [3.8, 4) is 0 Å². The number of amides is 1. The van der Waals surface area contributed by atoms with Crippen LogP contribution in [-0.4, -0.2) is 17.5 Å². The highest BCUT2D eigenvalue weighted by molar-refractivity contribution is 6.02. The Morgan fingerprint density at radius 2 is 1.26 bits per heavy atom. The van der Waals surface area contributed by atoms with E-state index in [1.807, 2.05) is 24.3 Å². The maximum absolute atomic E-state index is 12.4. The topological polar surface area (TPSA) is 63.2 Å². The van der Waals surface area contributed by atoms with Crippen LogP contribution in [0.25, 0.3) is 0 Å². The second-order valence-corrected chi connectivity index (χ2v) is 5.43. The van der Waals surface area contributed by atoms with Crippen LogP contribution >= 0.6 is 0 Å². The largest absolute Gasteiger partial charge is 0.344 e. The number of hydrogen-bond acceptors (Lipinski definition) is 3. The SMILES string of the molecule is CC(=O)C(C(C)=O)C(NC(=O)c1ccccc1)c1ccccc1. The zero-order chi connectivity index (χ0) is 16.8. The van der Waals surface area contributed by atoms with Crippen molar-refractivity contribution < 1.29 is 14.4 Å². The number of benzene rings is 2. The van der Waals surface area contributed by atoms with Crippen molar-refractivity contribution in [2.24, 2.45) is 5.92 Å². The monoisotopic (exact) mass is 309 g/mol. The molecule has 2 rings (SSSR count). The number of hydrogen-bond donors (Lipinski definition) is 1. The lowest BCUT2D eigenvalue weighted by Gasteiger charge is -2.25. The average Bonchev–Trinajstić information content (AvgIpc) is 2.55. The number of nitrogens with one attached hydrogen (secondary N) is 1. The third-order valence-electron chi connectivity index (χ3n) is 3.69. The minimum atomic E-state index is -0.898. The molecule has 0 saturated carbocycles. The number of carbonyl (C=O) groups is 3. The zero-order valence-corrected chi connectivity index (χ0v) is 13.2. The van der Waals surface area contributed by atoms with E-state index in [0.717, 1.165) is 5.56 Å². The predicted octanol–water partition coefficient (Wildman–Crippen LogP) is 2.95. The molecule has 1 atom stereocenters. The lowest BCUT2D eigenvalue weighted by molar-refractivity contribution is -0.131. The van der Waals surface area contributed by atoms with Crippen LogP contribution < -0.4 is 5.32 Å². The number of ketones is 2. The molecule has 2 aromatic rings. The Labute approximate surface area is 135 Å². The molecular formula is C19H19NO3. The molecule has 1 unspecified atom stereocenters. The normalized spacial score (nSPS) is 11.8. The third-order valence-corrected chi connectivity index (χ3v) is 3.69. The Balaban J connectivity index is 2.36. The van der Waals surface area contributed by atoms with E-state index in [4.69, 9.17) is 0 Å². The number of rotatable bonds is 6. The quantitative estimate of drug-likeness (QED) is 0.834. The fraction of sp³-hybridized carbons (Fsp3) is 0.211. The van der Waals surface area contributed by atoms with Gasteiger partial charge in [-0.2, -0.15) is 0 Å². The van der Waals surface area contributed by atoms with Crippen molar-refractivity contribution in [1.82, 2.24) is 5.32 Å². The lowest BCUT2D eigenvalue weighted by Crippen LogP contribution is -2.39. The Bertz CT molecular complexity index is 681. The highest BCUT2D eigenvalue weighted by atomic mass is 16.2. The van der Waals surface area contributed by atoms with E-state index in [0.29, 0.717) is 5.56 Å². The summed E-state index contributed by atoms with van der Waals surface area (Å²) in [5.41, 5.74) is 1.21. The third kappa shape index (κ3) is 4.13. The minimum absolute atomic E-state index is 0.264. The standard InChI is InChI=1S/C19H19NO3/c1-13(21)17(14(2)22)18(15-9-5-3-6-10-15)20-19(23)16-11-7-4-8-12-16/h3-12,17-18H,1-2H3,(H,20,23). The van der Waals surface area contributed by atoms with Gasteiger partial charge in [-0.05, 0) is 31.5 Å². The van der Waals surface area contributed by atoms with E-state index in [1.165, 1.54) is 13.8 Å². The highest BCUT2D eigenvalue weighted by Gasteiger charge is 2.32. The first-order valence-electron chi connectivity index (χ1n) is 7.42. The Kier molecular flexibility index (Phi) is 5.41. The highest BCUT2D eigenvalue weighted by Crippen LogP contribution is 2.24. The first-order chi connectivity index (χ1) is 11.0. The molecule has 0 aliphatic rings. The van der Waals surface area contributed by atoms with Crippen molar-refractivity contribution in [3.63, 3.8) is 0 Å². The molecule has 0 saturated heterocycles. The van der Waals surface area contributed by atoms with E-state index in [9.17, 15) is 14.4 Å². The maximum atomic E-state index is 12.4. The van der Waals surface area contributed by atoms with Crippen molar-refractivity contribution in [3.05, 3.63) is 71.8 Å². The second kappa shape index (κ2) is 7.49. The van der Waals surface area contributed by atoms with Crippen LogP contribution in [-0.2, 0) is 9.59 Å². The molecule has 4 nitrogen and oxygen atoms in total. The molecule has 118 valence electrons. The van der Waals surface area contributed by atoms with Gasteiger partial charge in [0.15, 0.2) is 0 Å². The molecule has 0 radical (unpaired) electrons. The van der Waals surface area contributed by atoms with E-state index in [1.54, 1.807) is 36.4 Å². The van der Waals surface area contributed by atoms with Crippen molar-refractivity contribution >= 4 is 17.5 Å². The summed E-state index contributed by atoms with van der Waals surface area (Å²) in [4.78, 5) is 36.3. The van der Waals surface area contributed by atoms with Gasteiger partial charge in [0.05, 0.1) is 6.04 Å². The molecule has 4 heteroatoms. The molecule has 0 aliphatic carbocycles. The summed E-state index contributed by atoms with van der Waals surface area (Å²) in [5, 5.41) is 2.83. The van der Waals surface area contributed by atoms with Gasteiger partial charge in [-0.25, -0.2) is 0 Å². The summed E-state index contributed by atoms with van der Waals surface area (Å²) in [6.45, 7) is 2.74. The van der Waals surface area contributed by atoms with Crippen molar-refractivity contribution in [1.29, 1.82) is 0 Å². The molecule has 0 aromatic heterocycles. The van der Waals surface area contributed by atoms with Crippen LogP contribution in [0.4, 0.5) is 0 Å². The summed E-state index contributed by atoms with van der Waals surface area (Å²) in [7, 11) is 0. The van der Waals surface area contributed by atoms with Gasteiger partial charge in [0.1, 0.15) is 17.5 Å². The first-order valence-corrected chi connectivity index (χ1v) is 7.42. The molecule has 0 aliphatic heterocycles. The first kappa shape index (κ1) is 16.6. The number of carbonyl (C=O) groups excluding carboxylic acids is 3. The minimum Gasteiger partial charge on any atom is -0.344 e. The maximum Gasteiger partial charge on any atom is 0.251 e. The molecule has 0 fully saturated rings. The summed E-state index contributed by atoms with van der Waals surface area (Å²) in [6, 6.07) is 17.1. The Morgan fingerprint density at radius 3 is 1.74 bits per heavy atom. The van der Waals surface area contributed by atoms with E-state index in [-0.39, 0.29) is 17.5 Å². The lowest BCUT2D eigenvalue weighted by atomic mass is 9.87. The number of Topliss-reactive ketones (excluding diaryl/α,β-unsaturated/α-hetero) is 2. The smallest absolute Gasteiger partial charge is 0.251 e. The molecule has 1 N–H and O–H groups in total. The van der Waals surface area contributed by atoms with Gasteiger partial charge < -0.3 is 5.32 Å². The van der Waals surface area contributed by atoms with Gasteiger partial charge in [0, 0.05) is 5.56 Å². The van der Waals surface area contributed by atoms with E-state index in [2.05, 4.69) is 5.32 Å². The summed E-state index contributed by atoms with van der Waals surface area (Å²) >= 11 is 0. The fourth-order valence-corrected chi connectivity index (χ4v) is 2.59. The summed E-state index contributed by atoms with van der Waals surface area (Å²) < 4.78 is 0. The Morgan fingerprint density at radius 1 is 0.783 bits per heavy atom. The fourth-order valence-electron chi connectivity index (χ4n) is 2.59. The van der Waals surface area contributed by atoms with Gasteiger partial charge in [-0.15, -0.1) is 0 Å². The average molecular weight is 309 g/mol. The van der Waals surface area contributed by atoms with Crippen LogP contribution in [0, 0.1) is 5.92 Å². The van der Waals surface area contributed by atoms with E-state index < -0.39 is 12.0 Å². The zero-order valence-electron chi connectivity index (χ0n) is 13.2.